The summed E-state index contributed by atoms with van der Waals surface area (Å²) in [6.07, 6.45) is 4.88. The van der Waals surface area contributed by atoms with E-state index in [1.807, 2.05) is 30.3 Å². The predicted octanol–water partition coefficient (Wildman–Crippen LogP) is 2.50. The molecular formula is C14H18N4. The number of hydrogen-bond donors (Lipinski definition) is 2. The number of nitrogens with two attached hydrogens (primary N) is 2. The van der Waals surface area contributed by atoms with Gasteiger partial charge in [0.25, 0.3) is 0 Å². The second-order valence-corrected chi connectivity index (χ2v) is 4.92. The van der Waals surface area contributed by atoms with Gasteiger partial charge in [-0.25, -0.2) is 9.66 Å². The smallest absolute Gasteiger partial charge is 0.160 e. The molecule has 0 amide bonds. The highest BCUT2D eigenvalue weighted by Gasteiger charge is 2.24. The molecule has 94 valence electrons. The van der Waals surface area contributed by atoms with E-state index in [0.717, 1.165) is 17.1 Å². The number of benzene rings is 1. The Morgan fingerprint density at radius 3 is 2.44 bits per heavy atom. The molecule has 1 aromatic heterocycles. The number of nitrogen functional groups attached to an aromatic ring is 2. The van der Waals surface area contributed by atoms with Crippen molar-refractivity contribution in [3.63, 3.8) is 0 Å². The highest BCUT2D eigenvalue weighted by atomic mass is 15.4. The van der Waals surface area contributed by atoms with Crippen LogP contribution in [0.2, 0.25) is 0 Å². The lowest BCUT2D eigenvalue weighted by Gasteiger charge is -2.06. The largest absolute Gasteiger partial charge is 0.382 e. The summed E-state index contributed by atoms with van der Waals surface area (Å²) in [5, 5.41) is 0. The van der Waals surface area contributed by atoms with Crippen LogP contribution in [0.4, 0.5) is 5.82 Å². The minimum atomic E-state index is 0.484. The van der Waals surface area contributed by atoms with Crippen LogP contribution in [-0.2, 0) is 0 Å². The quantitative estimate of drug-likeness (QED) is 0.795. The molecule has 0 aliphatic heterocycles. The van der Waals surface area contributed by atoms with Gasteiger partial charge in [0, 0.05) is 11.5 Å². The molecule has 0 radical (unpaired) electrons. The average Bonchev–Trinajstić information content (AvgIpc) is 3.01. The van der Waals surface area contributed by atoms with Crippen molar-refractivity contribution in [2.24, 2.45) is 0 Å². The maximum atomic E-state index is 6.10. The first kappa shape index (κ1) is 11.1. The molecule has 4 heteroatoms. The van der Waals surface area contributed by atoms with Crippen LogP contribution in [0.5, 0.6) is 0 Å². The van der Waals surface area contributed by atoms with Gasteiger partial charge in [-0.15, -0.1) is 0 Å². The van der Waals surface area contributed by atoms with Crippen LogP contribution in [-0.4, -0.2) is 9.66 Å². The van der Waals surface area contributed by atoms with E-state index < -0.39 is 0 Å². The number of rotatable bonds is 2. The van der Waals surface area contributed by atoms with Gasteiger partial charge in [0.05, 0.1) is 5.69 Å². The molecule has 2 aromatic rings. The number of imidazole rings is 1. The fourth-order valence-electron chi connectivity index (χ4n) is 2.75. The monoisotopic (exact) mass is 242 g/mol. The van der Waals surface area contributed by atoms with Gasteiger partial charge in [0.15, 0.2) is 5.82 Å². The normalized spacial score (nSPS) is 16.2. The Bertz CT molecular complexity index is 538. The molecule has 1 saturated carbocycles. The number of nitrogens with zero attached hydrogens (tertiary/aromatic N) is 2. The van der Waals surface area contributed by atoms with Gasteiger partial charge >= 0.3 is 0 Å². The van der Waals surface area contributed by atoms with Crippen LogP contribution in [0.15, 0.2) is 30.3 Å². The highest BCUT2D eigenvalue weighted by molar-refractivity contribution is 5.61. The van der Waals surface area contributed by atoms with Gasteiger partial charge in [-0.3, -0.25) is 0 Å². The maximum absolute atomic E-state index is 6.10. The molecule has 0 bridgehead atoms. The summed E-state index contributed by atoms with van der Waals surface area (Å²) in [5.74, 6) is 7.89. The Labute approximate surface area is 107 Å². The molecule has 3 rings (SSSR count). The summed E-state index contributed by atoms with van der Waals surface area (Å²) < 4.78 is 1.52. The van der Waals surface area contributed by atoms with Gasteiger partial charge < -0.3 is 11.6 Å². The highest BCUT2D eigenvalue weighted by Crippen LogP contribution is 2.37. The molecule has 0 atom stereocenters. The number of aromatic nitrogens is 2. The van der Waals surface area contributed by atoms with E-state index >= 15 is 0 Å². The zero-order chi connectivity index (χ0) is 12.5. The second kappa shape index (κ2) is 4.37. The van der Waals surface area contributed by atoms with Gasteiger partial charge in [-0.2, -0.15) is 0 Å². The lowest BCUT2D eigenvalue weighted by atomic mass is 10.0. The Morgan fingerprint density at radius 1 is 1.11 bits per heavy atom. The van der Waals surface area contributed by atoms with Crippen LogP contribution in [0, 0.1) is 0 Å². The van der Waals surface area contributed by atoms with Gasteiger partial charge in [-0.05, 0) is 12.8 Å². The summed E-state index contributed by atoms with van der Waals surface area (Å²) in [4.78, 5) is 4.67. The minimum absolute atomic E-state index is 0.484. The third-order valence-corrected chi connectivity index (χ3v) is 3.75. The van der Waals surface area contributed by atoms with E-state index in [1.165, 1.54) is 30.4 Å². The van der Waals surface area contributed by atoms with Gasteiger partial charge in [0.1, 0.15) is 5.82 Å². The first-order valence-corrected chi connectivity index (χ1v) is 6.46. The summed E-state index contributed by atoms with van der Waals surface area (Å²) in [7, 11) is 0. The summed E-state index contributed by atoms with van der Waals surface area (Å²) >= 11 is 0. The molecule has 4 nitrogen and oxygen atoms in total. The zero-order valence-corrected chi connectivity index (χ0v) is 10.3. The SMILES string of the molecule is Nc1c(C2CCCC2)nc(-c2ccccc2)n1N. The van der Waals surface area contributed by atoms with E-state index in [0.29, 0.717) is 11.7 Å². The topological polar surface area (TPSA) is 69.9 Å². The van der Waals surface area contributed by atoms with Gasteiger partial charge in [-0.1, -0.05) is 43.2 Å². The molecule has 18 heavy (non-hydrogen) atoms. The Morgan fingerprint density at radius 2 is 1.78 bits per heavy atom. The number of hydrogen-bond acceptors (Lipinski definition) is 3. The lowest BCUT2D eigenvalue weighted by molar-refractivity contribution is 0.705. The molecule has 1 aromatic carbocycles. The average molecular weight is 242 g/mol. The van der Waals surface area contributed by atoms with E-state index in [1.54, 1.807) is 0 Å². The molecule has 0 unspecified atom stereocenters. The van der Waals surface area contributed by atoms with E-state index in [2.05, 4.69) is 4.98 Å². The van der Waals surface area contributed by atoms with Crippen LogP contribution < -0.4 is 11.6 Å². The fourth-order valence-corrected chi connectivity index (χ4v) is 2.75. The standard InChI is InChI=1S/C14H18N4/c15-13-12(10-6-4-5-7-10)17-14(18(13)16)11-8-2-1-3-9-11/h1-3,8-10H,4-7,15-16H2. The van der Waals surface area contributed by atoms with Crippen LogP contribution in [0.3, 0.4) is 0 Å². The van der Waals surface area contributed by atoms with E-state index in [-0.39, 0.29) is 0 Å². The van der Waals surface area contributed by atoms with Crippen molar-refractivity contribution >= 4 is 5.82 Å². The van der Waals surface area contributed by atoms with Crippen LogP contribution in [0.1, 0.15) is 37.3 Å². The van der Waals surface area contributed by atoms with E-state index in [4.69, 9.17) is 11.6 Å². The van der Waals surface area contributed by atoms with Crippen LogP contribution >= 0.6 is 0 Å². The van der Waals surface area contributed by atoms with Crippen molar-refractivity contribution in [2.45, 2.75) is 31.6 Å². The Kier molecular flexibility index (Phi) is 2.70. The van der Waals surface area contributed by atoms with Crippen molar-refractivity contribution in [2.75, 3.05) is 11.6 Å². The van der Waals surface area contributed by atoms with Crippen molar-refractivity contribution in [1.82, 2.24) is 9.66 Å². The molecular weight excluding hydrogens is 224 g/mol. The van der Waals surface area contributed by atoms with Crippen molar-refractivity contribution < 1.29 is 0 Å². The zero-order valence-electron chi connectivity index (χ0n) is 10.3. The van der Waals surface area contributed by atoms with Crippen molar-refractivity contribution in [3.8, 4) is 11.4 Å². The maximum Gasteiger partial charge on any atom is 0.160 e. The second-order valence-electron chi connectivity index (χ2n) is 4.92. The Hall–Kier alpha value is -1.97. The Balaban J connectivity index is 2.04. The first-order valence-electron chi connectivity index (χ1n) is 6.46. The molecule has 1 aliphatic carbocycles. The van der Waals surface area contributed by atoms with Crippen molar-refractivity contribution in [3.05, 3.63) is 36.0 Å². The van der Waals surface area contributed by atoms with Crippen molar-refractivity contribution in [1.29, 1.82) is 0 Å². The van der Waals surface area contributed by atoms with Crippen LogP contribution in [0.25, 0.3) is 11.4 Å². The molecule has 0 spiro atoms. The van der Waals surface area contributed by atoms with Gasteiger partial charge in [0.2, 0.25) is 0 Å². The summed E-state index contributed by atoms with van der Waals surface area (Å²) in [6.45, 7) is 0. The molecule has 0 saturated heterocycles. The molecule has 1 fully saturated rings. The molecule has 4 N–H and O–H groups in total. The number of anilines is 1. The molecule has 1 heterocycles. The first-order chi connectivity index (χ1) is 8.77. The lowest BCUT2D eigenvalue weighted by Crippen LogP contribution is -2.13. The summed E-state index contributed by atoms with van der Waals surface area (Å²) in [6, 6.07) is 9.95. The third kappa shape index (κ3) is 1.74. The fraction of sp³-hybridized carbons (Fsp3) is 0.357. The minimum Gasteiger partial charge on any atom is -0.382 e. The molecule has 1 aliphatic rings. The third-order valence-electron chi connectivity index (χ3n) is 3.75. The predicted molar refractivity (Wildman–Crippen MR) is 73.4 cm³/mol. The summed E-state index contributed by atoms with van der Waals surface area (Å²) in [5.41, 5.74) is 8.09. The van der Waals surface area contributed by atoms with E-state index in [9.17, 15) is 0 Å².